The van der Waals surface area contributed by atoms with Crippen LogP contribution in [0, 0.1) is 0 Å². The maximum atomic E-state index is 11.9. The van der Waals surface area contributed by atoms with Gasteiger partial charge in [0.05, 0.1) is 12.7 Å². The fourth-order valence-electron chi connectivity index (χ4n) is 1.45. The van der Waals surface area contributed by atoms with E-state index in [4.69, 9.17) is 15.9 Å². The maximum Gasteiger partial charge on any atom is 0.326 e. The van der Waals surface area contributed by atoms with Gasteiger partial charge in [-0.2, -0.15) is 11.8 Å². The third-order valence-corrected chi connectivity index (χ3v) is 3.51. The van der Waals surface area contributed by atoms with Crippen LogP contribution in [-0.2, 0) is 14.4 Å². The van der Waals surface area contributed by atoms with Crippen molar-refractivity contribution in [3.05, 3.63) is 0 Å². The Morgan fingerprint density at radius 1 is 1.18 bits per heavy atom. The highest BCUT2D eigenvalue weighted by molar-refractivity contribution is 7.98. The van der Waals surface area contributed by atoms with Gasteiger partial charge in [0, 0.05) is 0 Å². The van der Waals surface area contributed by atoms with Crippen LogP contribution in [0.5, 0.6) is 0 Å². The summed E-state index contributed by atoms with van der Waals surface area (Å²) in [7, 11) is 0. The summed E-state index contributed by atoms with van der Waals surface area (Å²) in [5, 5.41) is 31.8. The highest BCUT2D eigenvalue weighted by atomic mass is 32.2. The molecule has 0 heterocycles. The number of carbonyl (C=O) groups is 3. The van der Waals surface area contributed by atoms with E-state index in [0.29, 0.717) is 5.75 Å². The van der Waals surface area contributed by atoms with Crippen molar-refractivity contribution < 1.29 is 29.7 Å². The molecule has 0 aromatic heterocycles. The van der Waals surface area contributed by atoms with Crippen LogP contribution in [0.1, 0.15) is 13.3 Å². The Kier molecular flexibility index (Phi) is 9.74. The molecule has 7 N–H and O–H groups in total. The molecular weight excluding hydrogens is 314 g/mol. The van der Waals surface area contributed by atoms with Crippen LogP contribution in [0.4, 0.5) is 0 Å². The van der Waals surface area contributed by atoms with Crippen molar-refractivity contribution in [3.8, 4) is 0 Å². The van der Waals surface area contributed by atoms with Gasteiger partial charge >= 0.3 is 5.97 Å². The summed E-state index contributed by atoms with van der Waals surface area (Å²) < 4.78 is 0. The average molecular weight is 337 g/mol. The summed E-state index contributed by atoms with van der Waals surface area (Å²) in [6, 6.07) is -3.71. The lowest BCUT2D eigenvalue weighted by Crippen LogP contribution is -2.57. The van der Waals surface area contributed by atoms with Crippen LogP contribution in [0.2, 0.25) is 0 Å². The van der Waals surface area contributed by atoms with Crippen LogP contribution < -0.4 is 16.4 Å². The number of carbonyl (C=O) groups excluding carboxylic acids is 2. The molecule has 10 heteroatoms. The standard InChI is InChI=1S/C12H23N3O6S/c1-6(17)9(13)11(19)15-8(5-16)10(18)14-7(12(20)21)3-4-22-2/h6-9,16-17H,3-5,13H2,1-2H3,(H,14,18)(H,15,19)(H,20,21). The van der Waals surface area contributed by atoms with Crippen molar-refractivity contribution in [2.45, 2.75) is 37.6 Å². The molecule has 9 nitrogen and oxygen atoms in total. The zero-order chi connectivity index (χ0) is 17.3. The van der Waals surface area contributed by atoms with Crippen LogP contribution in [0.25, 0.3) is 0 Å². The molecule has 0 saturated carbocycles. The van der Waals surface area contributed by atoms with Gasteiger partial charge < -0.3 is 31.7 Å². The number of aliphatic hydroxyl groups is 2. The molecule has 128 valence electrons. The minimum atomic E-state index is -1.34. The first-order chi connectivity index (χ1) is 10.2. The van der Waals surface area contributed by atoms with E-state index in [-0.39, 0.29) is 6.42 Å². The third kappa shape index (κ3) is 7.07. The fraction of sp³-hybridized carbons (Fsp3) is 0.750. The number of nitrogens with one attached hydrogen (secondary N) is 2. The molecule has 4 unspecified atom stereocenters. The summed E-state index contributed by atoms with van der Waals surface area (Å²) in [5.41, 5.74) is 5.41. The van der Waals surface area contributed by atoms with Crippen LogP contribution in [-0.4, -0.2) is 75.9 Å². The van der Waals surface area contributed by atoms with E-state index in [1.807, 2.05) is 0 Å². The summed E-state index contributed by atoms with van der Waals surface area (Å²) >= 11 is 1.43. The number of carboxylic acids is 1. The number of hydrogen-bond acceptors (Lipinski definition) is 7. The zero-order valence-corrected chi connectivity index (χ0v) is 13.3. The van der Waals surface area contributed by atoms with Crippen molar-refractivity contribution in [2.75, 3.05) is 18.6 Å². The zero-order valence-electron chi connectivity index (χ0n) is 12.5. The number of thioether (sulfide) groups is 1. The molecule has 2 amide bonds. The molecule has 0 aliphatic heterocycles. The van der Waals surface area contributed by atoms with Gasteiger partial charge in [0.15, 0.2) is 0 Å². The molecule has 0 aromatic carbocycles. The second-order valence-electron chi connectivity index (χ2n) is 4.69. The Balaban J connectivity index is 4.69. The summed E-state index contributed by atoms with van der Waals surface area (Å²) in [6.07, 6.45) is 0.881. The second-order valence-corrected chi connectivity index (χ2v) is 5.68. The number of nitrogens with two attached hydrogens (primary N) is 1. The molecule has 0 aliphatic carbocycles. The Morgan fingerprint density at radius 2 is 1.73 bits per heavy atom. The second kappa shape index (κ2) is 10.4. The first-order valence-electron chi connectivity index (χ1n) is 6.61. The quantitative estimate of drug-likeness (QED) is 0.255. The fourth-order valence-corrected chi connectivity index (χ4v) is 1.92. The first kappa shape index (κ1) is 20.6. The highest BCUT2D eigenvalue weighted by Crippen LogP contribution is 2.02. The smallest absolute Gasteiger partial charge is 0.326 e. The number of aliphatic hydroxyl groups excluding tert-OH is 2. The van der Waals surface area contributed by atoms with E-state index < -0.39 is 48.6 Å². The molecule has 0 aromatic rings. The largest absolute Gasteiger partial charge is 0.480 e. The molecule has 0 aliphatic rings. The molecule has 0 fully saturated rings. The number of amides is 2. The van der Waals surface area contributed by atoms with Gasteiger partial charge in [0.1, 0.15) is 18.1 Å². The molecule has 0 radical (unpaired) electrons. The minimum absolute atomic E-state index is 0.210. The lowest BCUT2D eigenvalue weighted by molar-refractivity contribution is -0.142. The van der Waals surface area contributed by atoms with Gasteiger partial charge in [0.2, 0.25) is 11.8 Å². The lowest BCUT2D eigenvalue weighted by atomic mass is 10.1. The van der Waals surface area contributed by atoms with Gasteiger partial charge in [-0.25, -0.2) is 4.79 Å². The summed E-state index contributed by atoms with van der Waals surface area (Å²) in [6.45, 7) is 0.583. The Labute approximate surface area is 132 Å². The van der Waals surface area contributed by atoms with E-state index in [9.17, 15) is 19.5 Å². The number of aliphatic carboxylic acids is 1. The van der Waals surface area contributed by atoms with Gasteiger partial charge in [-0.15, -0.1) is 0 Å². The Bertz CT molecular complexity index is 393. The average Bonchev–Trinajstić information content (AvgIpc) is 2.46. The van der Waals surface area contributed by atoms with Crippen molar-refractivity contribution >= 4 is 29.5 Å². The SMILES string of the molecule is CSCCC(NC(=O)C(CO)NC(=O)C(N)C(C)O)C(=O)O. The summed E-state index contributed by atoms with van der Waals surface area (Å²) in [4.78, 5) is 34.6. The highest BCUT2D eigenvalue weighted by Gasteiger charge is 2.28. The van der Waals surface area contributed by atoms with E-state index >= 15 is 0 Å². The number of hydrogen-bond donors (Lipinski definition) is 6. The van der Waals surface area contributed by atoms with Crippen LogP contribution >= 0.6 is 11.8 Å². The number of rotatable bonds is 10. The Hall–Kier alpha value is -1.36. The van der Waals surface area contributed by atoms with Crippen LogP contribution in [0.15, 0.2) is 0 Å². The lowest BCUT2D eigenvalue weighted by Gasteiger charge is -2.22. The molecular formula is C12H23N3O6S. The van der Waals surface area contributed by atoms with E-state index in [1.54, 1.807) is 6.26 Å². The molecule has 0 rings (SSSR count). The van der Waals surface area contributed by atoms with Crippen molar-refractivity contribution in [2.24, 2.45) is 5.73 Å². The summed E-state index contributed by atoms with van der Waals surface area (Å²) in [5.74, 6) is -2.33. The van der Waals surface area contributed by atoms with Gasteiger partial charge in [0.25, 0.3) is 0 Å². The number of carboxylic acid groups (broad SMARTS) is 1. The van der Waals surface area contributed by atoms with Crippen molar-refractivity contribution in [1.29, 1.82) is 0 Å². The molecule has 0 saturated heterocycles. The van der Waals surface area contributed by atoms with Gasteiger partial charge in [-0.3, -0.25) is 9.59 Å². The first-order valence-corrected chi connectivity index (χ1v) is 8.01. The molecule has 22 heavy (non-hydrogen) atoms. The van der Waals surface area contributed by atoms with E-state index in [0.717, 1.165) is 0 Å². The predicted molar refractivity (Wildman–Crippen MR) is 81.2 cm³/mol. The minimum Gasteiger partial charge on any atom is -0.480 e. The maximum absolute atomic E-state index is 11.9. The van der Waals surface area contributed by atoms with Crippen molar-refractivity contribution in [1.82, 2.24) is 10.6 Å². The molecule has 0 spiro atoms. The van der Waals surface area contributed by atoms with E-state index in [1.165, 1.54) is 18.7 Å². The van der Waals surface area contributed by atoms with E-state index in [2.05, 4.69) is 10.6 Å². The molecule has 0 bridgehead atoms. The predicted octanol–water partition coefficient (Wildman–Crippen LogP) is -2.51. The monoisotopic (exact) mass is 337 g/mol. The topological polar surface area (TPSA) is 162 Å². The third-order valence-electron chi connectivity index (χ3n) is 2.86. The normalized spacial score (nSPS) is 16.2. The Morgan fingerprint density at radius 3 is 2.14 bits per heavy atom. The van der Waals surface area contributed by atoms with Crippen LogP contribution in [0.3, 0.4) is 0 Å². The van der Waals surface area contributed by atoms with Gasteiger partial charge in [-0.1, -0.05) is 0 Å². The van der Waals surface area contributed by atoms with Gasteiger partial charge in [-0.05, 0) is 25.4 Å². The molecule has 4 atom stereocenters. The van der Waals surface area contributed by atoms with Crippen molar-refractivity contribution in [3.63, 3.8) is 0 Å².